The Morgan fingerprint density at radius 3 is 2.65 bits per heavy atom. The van der Waals surface area contributed by atoms with Crippen LogP contribution in [0.3, 0.4) is 0 Å². The minimum atomic E-state index is -0.924. The van der Waals surface area contributed by atoms with Crippen LogP contribution in [0.5, 0.6) is 0 Å². The van der Waals surface area contributed by atoms with E-state index in [9.17, 15) is 14.4 Å². The van der Waals surface area contributed by atoms with E-state index >= 15 is 0 Å². The summed E-state index contributed by atoms with van der Waals surface area (Å²) in [6.45, 7) is 1.30. The highest BCUT2D eigenvalue weighted by Gasteiger charge is 2.17. The number of rotatable bonds is 3. The maximum Gasteiger partial charge on any atom is 0.332 e. The molecule has 8 nitrogen and oxygen atoms in total. The molecule has 0 aliphatic rings. The number of carbonyl (C=O) groups excluding carboxylic acids is 1. The number of alkyl halides is 1. The average molecular weight is 301 g/mol. The van der Waals surface area contributed by atoms with Gasteiger partial charge in [0.25, 0.3) is 5.56 Å². The van der Waals surface area contributed by atoms with Gasteiger partial charge < -0.3 is 9.30 Å². The molecule has 1 unspecified atom stereocenters. The summed E-state index contributed by atoms with van der Waals surface area (Å²) < 4.78 is 8.50. The largest absolute Gasteiger partial charge is 0.444 e. The number of carbonyl (C=O) groups is 1. The summed E-state index contributed by atoms with van der Waals surface area (Å²) in [4.78, 5) is 38.7. The second-order valence-electron chi connectivity index (χ2n) is 4.29. The highest BCUT2D eigenvalue weighted by Crippen LogP contribution is 2.09. The third-order valence-corrected chi connectivity index (χ3v) is 3.08. The Morgan fingerprint density at radius 2 is 2.05 bits per heavy atom. The number of hydrogen-bond acceptors (Lipinski definition) is 5. The van der Waals surface area contributed by atoms with E-state index in [-0.39, 0.29) is 17.7 Å². The molecule has 0 aromatic carbocycles. The zero-order chi connectivity index (χ0) is 15.0. The Hall–Kier alpha value is -2.09. The first-order valence-electron chi connectivity index (χ1n) is 5.75. The van der Waals surface area contributed by atoms with Gasteiger partial charge in [-0.05, 0) is 0 Å². The molecule has 0 bridgehead atoms. The van der Waals surface area contributed by atoms with Crippen LogP contribution in [0.1, 0.15) is 6.92 Å². The highest BCUT2D eigenvalue weighted by molar-refractivity contribution is 6.20. The zero-order valence-electron chi connectivity index (χ0n) is 11.2. The second-order valence-corrected chi connectivity index (χ2v) is 4.78. The normalized spacial score (nSPS) is 12.6. The van der Waals surface area contributed by atoms with Crippen molar-refractivity contribution in [3.8, 4) is 0 Å². The predicted molar refractivity (Wildman–Crippen MR) is 71.6 cm³/mol. The molecular formula is C11H13ClN4O4. The van der Waals surface area contributed by atoms with E-state index in [1.165, 1.54) is 36.5 Å². The van der Waals surface area contributed by atoms with E-state index in [0.29, 0.717) is 0 Å². The van der Waals surface area contributed by atoms with Gasteiger partial charge in [-0.2, -0.15) is 0 Å². The van der Waals surface area contributed by atoms with Crippen LogP contribution in [0.25, 0.3) is 11.2 Å². The summed E-state index contributed by atoms with van der Waals surface area (Å²) in [5.41, 5.74) is -1.38. The number of aryl methyl sites for hydroxylation is 1. The van der Waals surface area contributed by atoms with E-state index in [0.717, 1.165) is 4.57 Å². The van der Waals surface area contributed by atoms with Crippen molar-refractivity contribution in [2.75, 3.05) is 0 Å². The quantitative estimate of drug-likeness (QED) is 0.566. The second kappa shape index (κ2) is 5.12. The number of nitrogens with zero attached hydrogens (tertiary/aromatic N) is 4. The van der Waals surface area contributed by atoms with Gasteiger partial charge in [0.15, 0.2) is 16.7 Å². The Balaban J connectivity index is 2.55. The third-order valence-electron chi connectivity index (χ3n) is 2.85. The third kappa shape index (κ3) is 2.34. The molecule has 0 aliphatic heterocycles. The van der Waals surface area contributed by atoms with Crippen LogP contribution >= 0.6 is 11.6 Å². The lowest BCUT2D eigenvalue weighted by molar-refractivity contribution is -0.143. The fourth-order valence-electron chi connectivity index (χ4n) is 1.91. The maximum atomic E-state index is 12.1. The number of ether oxygens (including phenoxy) is 1. The van der Waals surface area contributed by atoms with Gasteiger partial charge in [0.2, 0.25) is 0 Å². The first kappa shape index (κ1) is 14.3. The van der Waals surface area contributed by atoms with Crippen molar-refractivity contribution in [3.05, 3.63) is 27.2 Å². The van der Waals surface area contributed by atoms with Crippen LogP contribution in [0.2, 0.25) is 0 Å². The molecule has 0 saturated heterocycles. The first-order valence-corrected chi connectivity index (χ1v) is 6.18. The minimum Gasteiger partial charge on any atom is -0.444 e. The van der Waals surface area contributed by atoms with Crippen molar-refractivity contribution in [1.82, 2.24) is 18.7 Å². The number of imidazole rings is 1. The summed E-state index contributed by atoms with van der Waals surface area (Å²) in [5.74, 6) is -0.519. The van der Waals surface area contributed by atoms with Gasteiger partial charge in [0, 0.05) is 21.0 Å². The lowest BCUT2D eigenvalue weighted by Crippen LogP contribution is -2.37. The van der Waals surface area contributed by atoms with Crippen LogP contribution < -0.4 is 11.2 Å². The van der Waals surface area contributed by atoms with E-state index in [1.807, 2.05) is 0 Å². The molecule has 108 valence electrons. The van der Waals surface area contributed by atoms with Gasteiger partial charge in [-0.1, -0.05) is 11.6 Å². The van der Waals surface area contributed by atoms with Crippen LogP contribution in [0, 0.1) is 0 Å². The lowest BCUT2D eigenvalue weighted by Gasteiger charge is -2.11. The summed E-state index contributed by atoms with van der Waals surface area (Å²) in [6.07, 6.45) is 1.38. The first-order chi connectivity index (χ1) is 9.32. The Bertz CT molecular complexity index is 788. The maximum absolute atomic E-state index is 12.1. The molecule has 0 fully saturated rings. The molecular weight excluding hydrogens is 288 g/mol. The number of halogens is 1. The Labute approximate surface area is 118 Å². The molecule has 0 spiro atoms. The molecule has 0 aliphatic carbocycles. The van der Waals surface area contributed by atoms with E-state index in [2.05, 4.69) is 4.98 Å². The fraction of sp³-hybridized carbons (Fsp3) is 0.455. The molecule has 2 aromatic heterocycles. The lowest BCUT2D eigenvalue weighted by atomic mass is 10.5. The molecule has 20 heavy (non-hydrogen) atoms. The number of hydrogen-bond donors (Lipinski definition) is 0. The molecule has 2 aromatic rings. The van der Waals surface area contributed by atoms with Crippen molar-refractivity contribution in [3.63, 3.8) is 0 Å². The zero-order valence-corrected chi connectivity index (χ0v) is 11.9. The van der Waals surface area contributed by atoms with E-state index in [1.54, 1.807) is 0 Å². The van der Waals surface area contributed by atoms with Gasteiger partial charge in [-0.3, -0.25) is 18.7 Å². The van der Waals surface area contributed by atoms with E-state index in [4.69, 9.17) is 16.3 Å². The van der Waals surface area contributed by atoms with Gasteiger partial charge in [0.1, 0.15) is 0 Å². The van der Waals surface area contributed by atoms with Gasteiger partial charge in [-0.25, -0.2) is 9.78 Å². The van der Waals surface area contributed by atoms with Crippen molar-refractivity contribution < 1.29 is 9.53 Å². The van der Waals surface area contributed by atoms with E-state index < -0.39 is 22.8 Å². The highest BCUT2D eigenvalue weighted by atomic mass is 35.5. The van der Waals surface area contributed by atoms with Gasteiger partial charge >= 0.3 is 11.7 Å². The topological polar surface area (TPSA) is 88.1 Å². The molecule has 0 saturated carbocycles. The van der Waals surface area contributed by atoms with Crippen molar-refractivity contribution >= 4 is 28.7 Å². The molecule has 0 N–H and O–H groups in total. The average Bonchev–Trinajstić information content (AvgIpc) is 2.76. The molecule has 2 heterocycles. The summed E-state index contributed by atoms with van der Waals surface area (Å²) in [6, 6.07) is 0. The number of esters is 1. The van der Waals surface area contributed by atoms with Crippen molar-refractivity contribution in [1.29, 1.82) is 0 Å². The molecule has 0 amide bonds. The molecule has 9 heteroatoms. The van der Waals surface area contributed by atoms with Crippen LogP contribution in [-0.4, -0.2) is 30.2 Å². The predicted octanol–water partition coefficient (Wildman–Crippen LogP) is -0.438. The van der Waals surface area contributed by atoms with Gasteiger partial charge in [0.05, 0.1) is 12.9 Å². The smallest absolute Gasteiger partial charge is 0.332 e. The number of fused-ring (bicyclic) bond motifs is 1. The van der Waals surface area contributed by atoms with Crippen LogP contribution in [0.15, 0.2) is 15.9 Å². The molecule has 1 atom stereocenters. The van der Waals surface area contributed by atoms with Crippen LogP contribution in [-0.2, 0) is 30.2 Å². The molecule has 0 radical (unpaired) electrons. The summed E-state index contributed by atoms with van der Waals surface area (Å²) >= 11 is 5.86. The van der Waals surface area contributed by atoms with Gasteiger partial charge in [-0.15, -0.1) is 0 Å². The number of aromatic nitrogens is 4. The van der Waals surface area contributed by atoms with Crippen molar-refractivity contribution in [2.45, 2.75) is 19.0 Å². The summed E-state index contributed by atoms with van der Waals surface area (Å²) in [7, 11) is 2.90. The Kier molecular flexibility index (Phi) is 3.67. The monoisotopic (exact) mass is 300 g/mol. The summed E-state index contributed by atoms with van der Waals surface area (Å²) in [5, 5.41) is 0. The molecule has 2 rings (SSSR count). The van der Waals surface area contributed by atoms with Crippen LogP contribution in [0.4, 0.5) is 0 Å². The van der Waals surface area contributed by atoms with Crippen molar-refractivity contribution in [2.24, 2.45) is 14.1 Å². The Morgan fingerprint density at radius 1 is 1.40 bits per heavy atom. The SMILES string of the molecule is CC(=O)OC(Cl)Cn1cnc2c1c(=O)n(C)c(=O)n2C. The minimum absolute atomic E-state index is 0.0606. The standard InChI is InChI=1S/C11H13ClN4O4/c1-6(17)20-7(12)4-16-5-13-9-8(16)10(18)15(3)11(19)14(9)2/h5,7H,4H2,1-3H3. The fourth-order valence-corrected chi connectivity index (χ4v) is 2.18.